The zero-order valence-corrected chi connectivity index (χ0v) is 9.85. The molecule has 0 aliphatic heterocycles. The molecule has 0 radical (unpaired) electrons. The van der Waals surface area contributed by atoms with Gasteiger partial charge in [-0.3, -0.25) is 10.2 Å². The monoisotopic (exact) mass is 281 g/mol. The number of nitrogens with two attached hydrogens (primary N) is 1. The molecule has 0 aromatic carbocycles. The third-order valence-corrected chi connectivity index (χ3v) is 1.59. The predicted octanol–water partition coefficient (Wildman–Crippen LogP) is -3.23. The lowest BCUT2D eigenvalue weighted by molar-refractivity contribution is -0.165. The number of rotatable bonds is 5. The van der Waals surface area contributed by atoms with Gasteiger partial charge < -0.3 is 36.2 Å². The summed E-state index contributed by atoms with van der Waals surface area (Å²) in [4.78, 5) is 30.6. The second kappa shape index (κ2) is 8.66. The van der Waals surface area contributed by atoms with Gasteiger partial charge in [-0.2, -0.15) is 0 Å². The number of nitrogens with zero attached hydrogens (tertiary/aromatic N) is 1. The Hall–Kier alpha value is -2.40. The van der Waals surface area contributed by atoms with Gasteiger partial charge in [-0.1, -0.05) is 0 Å². The van der Waals surface area contributed by atoms with Crippen molar-refractivity contribution in [3.63, 3.8) is 0 Å². The smallest absolute Gasteiger partial charge is 0.335 e. The average molecular weight is 281 g/mol. The lowest BCUT2D eigenvalue weighted by Gasteiger charge is -2.12. The summed E-state index contributed by atoms with van der Waals surface area (Å²) in [5.74, 6) is -4.77. The number of likely N-dealkylation sites (N-methyl/N-ethyl adjacent to an activating group) is 1. The average Bonchev–Trinajstić information content (AvgIpc) is 2.26. The first-order chi connectivity index (χ1) is 8.50. The molecule has 0 bridgehead atoms. The molecule has 0 aromatic rings. The number of nitrogens with one attached hydrogen (secondary N) is 1. The molecule has 0 saturated heterocycles. The molecule has 11 heteroatoms. The first kappa shape index (κ1) is 19.0. The van der Waals surface area contributed by atoms with E-state index < -0.39 is 30.1 Å². The lowest BCUT2D eigenvalue weighted by Crippen LogP contribution is -2.39. The third kappa shape index (κ3) is 9.31. The van der Waals surface area contributed by atoms with Crippen molar-refractivity contribution in [3.8, 4) is 0 Å². The number of aliphatic carboxylic acids is 3. The fourth-order valence-corrected chi connectivity index (χ4v) is 0.558. The second-order valence-corrected chi connectivity index (χ2v) is 3.20. The van der Waals surface area contributed by atoms with Crippen molar-refractivity contribution in [1.29, 1.82) is 5.41 Å². The van der Waals surface area contributed by atoms with E-state index in [-0.39, 0.29) is 12.5 Å². The number of hydrogen-bond acceptors (Lipinski definition) is 6. The highest BCUT2D eigenvalue weighted by molar-refractivity contribution is 5.83. The van der Waals surface area contributed by atoms with Crippen LogP contribution < -0.4 is 5.73 Å². The highest BCUT2D eigenvalue weighted by atomic mass is 16.4. The summed E-state index contributed by atoms with van der Waals surface area (Å²) in [6, 6.07) is 0. The number of guanidine groups is 1. The van der Waals surface area contributed by atoms with E-state index in [1.807, 2.05) is 0 Å². The summed E-state index contributed by atoms with van der Waals surface area (Å²) in [7, 11) is 1.44. The topological polar surface area (TPSA) is 205 Å². The summed E-state index contributed by atoms with van der Waals surface area (Å²) >= 11 is 0. The Kier molecular flexibility index (Phi) is 8.63. The van der Waals surface area contributed by atoms with Gasteiger partial charge in [-0.15, -0.1) is 0 Å². The van der Waals surface area contributed by atoms with Gasteiger partial charge in [-0.25, -0.2) is 9.59 Å². The minimum atomic E-state index is -2.27. The zero-order valence-electron chi connectivity index (χ0n) is 9.85. The van der Waals surface area contributed by atoms with Crippen LogP contribution in [0.1, 0.15) is 0 Å². The van der Waals surface area contributed by atoms with E-state index in [0.29, 0.717) is 0 Å². The molecular formula is C8H15N3O8. The maximum atomic E-state index is 9.92. The van der Waals surface area contributed by atoms with Crippen LogP contribution in [-0.4, -0.2) is 80.1 Å². The van der Waals surface area contributed by atoms with E-state index in [1.165, 1.54) is 7.05 Å². The molecule has 0 spiro atoms. The molecule has 0 aliphatic carbocycles. The van der Waals surface area contributed by atoms with Gasteiger partial charge in [0.15, 0.2) is 18.2 Å². The van der Waals surface area contributed by atoms with Gasteiger partial charge in [0.05, 0.1) is 0 Å². The van der Waals surface area contributed by atoms with Crippen molar-refractivity contribution < 1.29 is 39.9 Å². The summed E-state index contributed by atoms with van der Waals surface area (Å²) < 4.78 is 0. The molecule has 0 fully saturated rings. The molecule has 0 saturated carbocycles. The Balaban J connectivity index is 0. The minimum absolute atomic E-state index is 0.227. The van der Waals surface area contributed by atoms with Crippen LogP contribution in [0.15, 0.2) is 0 Å². The van der Waals surface area contributed by atoms with Crippen molar-refractivity contribution in [2.75, 3.05) is 13.6 Å². The molecule has 0 heterocycles. The molecule has 0 aromatic heterocycles. The molecule has 2 unspecified atom stereocenters. The number of carboxylic acid groups (broad SMARTS) is 3. The molecular weight excluding hydrogens is 266 g/mol. The van der Waals surface area contributed by atoms with E-state index in [4.69, 9.17) is 36.7 Å². The highest BCUT2D eigenvalue weighted by Gasteiger charge is 2.29. The maximum Gasteiger partial charge on any atom is 0.335 e. The van der Waals surface area contributed by atoms with Gasteiger partial charge in [-0.05, 0) is 0 Å². The molecule has 8 N–H and O–H groups in total. The second-order valence-electron chi connectivity index (χ2n) is 3.20. The summed E-state index contributed by atoms with van der Waals surface area (Å²) in [6.45, 7) is -0.227. The van der Waals surface area contributed by atoms with E-state index in [0.717, 1.165) is 4.90 Å². The molecule has 110 valence electrons. The standard InChI is InChI=1S/C4H9N3O2.C4H6O6/c1-7(4(5)6)2-3(8)9;5-1(3(7)8)2(6)4(9)10/h2H2,1H3,(H3,5,6)(H,8,9);1-2,5-6H,(H,7,8)(H,9,10). The van der Waals surface area contributed by atoms with E-state index in [9.17, 15) is 14.4 Å². The fraction of sp³-hybridized carbons (Fsp3) is 0.500. The van der Waals surface area contributed by atoms with Gasteiger partial charge in [0, 0.05) is 7.05 Å². The highest BCUT2D eigenvalue weighted by Crippen LogP contribution is 1.92. The minimum Gasteiger partial charge on any atom is -0.480 e. The van der Waals surface area contributed by atoms with Crippen LogP contribution in [0.3, 0.4) is 0 Å². The summed E-state index contributed by atoms with van der Waals surface area (Å²) in [5.41, 5.74) is 4.93. The largest absolute Gasteiger partial charge is 0.480 e. The van der Waals surface area contributed by atoms with Crippen LogP contribution in [-0.2, 0) is 14.4 Å². The summed E-state index contributed by atoms with van der Waals surface area (Å²) in [5, 5.41) is 47.4. The number of carboxylic acids is 3. The lowest BCUT2D eigenvalue weighted by atomic mass is 10.2. The van der Waals surface area contributed by atoms with Gasteiger partial charge >= 0.3 is 17.9 Å². The third-order valence-electron chi connectivity index (χ3n) is 1.59. The van der Waals surface area contributed by atoms with Crippen LogP contribution in [0, 0.1) is 5.41 Å². The maximum absolute atomic E-state index is 9.92. The Labute approximate surface area is 107 Å². The predicted molar refractivity (Wildman–Crippen MR) is 59.5 cm³/mol. The van der Waals surface area contributed by atoms with Gasteiger partial charge in [0.1, 0.15) is 6.54 Å². The molecule has 0 amide bonds. The quantitative estimate of drug-likeness (QED) is 0.198. The Morgan fingerprint density at radius 3 is 1.53 bits per heavy atom. The Bertz CT molecular complexity index is 340. The van der Waals surface area contributed by atoms with E-state index in [1.54, 1.807) is 0 Å². The van der Waals surface area contributed by atoms with Gasteiger partial charge in [0.25, 0.3) is 0 Å². The van der Waals surface area contributed by atoms with Crippen molar-refractivity contribution in [1.82, 2.24) is 4.90 Å². The molecule has 2 atom stereocenters. The Morgan fingerprint density at radius 1 is 1.11 bits per heavy atom. The van der Waals surface area contributed by atoms with E-state index >= 15 is 0 Å². The first-order valence-corrected chi connectivity index (χ1v) is 4.59. The Morgan fingerprint density at radius 2 is 1.42 bits per heavy atom. The van der Waals surface area contributed by atoms with E-state index in [2.05, 4.69) is 0 Å². The summed E-state index contributed by atoms with van der Waals surface area (Å²) in [6.07, 6.45) is -4.53. The van der Waals surface area contributed by atoms with Crippen molar-refractivity contribution in [2.45, 2.75) is 12.2 Å². The number of aliphatic hydroxyl groups is 2. The van der Waals surface area contributed by atoms with Crippen molar-refractivity contribution >= 4 is 23.9 Å². The molecule has 0 rings (SSSR count). The molecule has 19 heavy (non-hydrogen) atoms. The normalized spacial score (nSPS) is 12.4. The fourth-order valence-electron chi connectivity index (χ4n) is 0.558. The first-order valence-electron chi connectivity index (χ1n) is 4.59. The van der Waals surface area contributed by atoms with Crippen LogP contribution in [0.2, 0.25) is 0 Å². The number of carbonyl (C=O) groups is 3. The zero-order chi connectivity index (χ0) is 15.7. The van der Waals surface area contributed by atoms with Crippen LogP contribution in [0.4, 0.5) is 0 Å². The van der Waals surface area contributed by atoms with Gasteiger partial charge in [0.2, 0.25) is 0 Å². The van der Waals surface area contributed by atoms with Crippen LogP contribution in [0.25, 0.3) is 0 Å². The molecule has 0 aliphatic rings. The SMILES string of the molecule is CN(CC(=O)O)C(=N)N.O=C(O)C(O)C(O)C(=O)O. The molecule has 11 nitrogen and oxygen atoms in total. The van der Waals surface area contributed by atoms with Crippen LogP contribution >= 0.6 is 0 Å². The number of hydrogen-bond donors (Lipinski definition) is 7. The number of aliphatic hydroxyl groups excluding tert-OH is 2. The van der Waals surface area contributed by atoms with Crippen molar-refractivity contribution in [3.05, 3.63) is 0 Å². The van der Waals surface area contributed by atoms with Crippen LogP contribution in [0.5, 0.6) is 0 Å². The van der Waals surface area contributed by atoms with Crippen molar-refractivity contribution in [2.24, 2.45) is 5.73 Å².